The third-order valence-corrected chi connectivity index (χ3v) is 5.97. The first-order valence-corrected chi connectivity index (χ1v) is 9.59. The van der Waals surface area contributed by atoms with E-state index < -0.39 is 0 Å². The van der Waals surface area contributed by atoms with Gasteiger partial charge >= 0.3 is 0 Å². The predicted octanol–water partition coefficient (Wildman–Crippen LogP) is 5.16. The molecule has 2 aromatic heterocycles. The normalized spacial score (nSPS) is 18.3. The van der Waals surface area contributed by atoms with Gasteiger partial charge in [-0.05, 0) is 60.5 Å². The maximum atomic E-state index is 2.67. The fourth-order valence-electron chi connectivity index (χ4n) is 4.00. The molecule has 1 aliphatic rings. The van der Waals surface area contributed by atoms with Gasteiger partial charge in [0, 0.05) is 36.4 Å². The van der Waals surface area contributed by atoms with Gasteiger partial charge in [0.15, 0.2) is 0 Å². The van der Waals surface area contributed by atoms with Gasteiger partial charge in [-0.3, -0.25) is 4.90 Å². The standard InChI is InChI=1S/C21H24N2S/c1-16-7-3-8-17(2)20(16)21-19-10-4-11-22(19)12-6-13-23(21)15-18-9-5-14-24-18/h3-5,7-11,14,21H,6,12-13,15H2,1-2H3. The Labute approximate surface area is 148 Å². The van der Waals surface area contributed by atoms with Crippen LogP contribution in [0.5, 0.6) is 0 Å². The summed E-state index contributed by atoms with van der Waals surface area (Å²) in [7, 11) is 0. The molecule has 2 nitrogen and oxygen atoms in total. The molecular weight excluding hydrogens is 312 g/mol. The summed E-state index contributed by atoms with van der Waals surface area (Å²) in [4.78, 5) is 4.12. The molecule has 0 radical (unpaired) electrons. The molecule has 1 aromatic carbocycles. The first kappa shape index (κ1) is 15.7. The molecule has 0 amide bonds. The van der Waals surface area contributed by atoms with Crippen molar-refractivity contribution in [1.29, 1.82) is 0 Å². The lowest BCUT2D eigenvalue weighted by molar-refractivity contribution is 0.221. The molecule has 1 atom stereocenters. The number of hydrogen-bond donors (Lipinski definition) is 0. The van der Waals surface area contributed by atoms with Crippen molar-refractivity contribution < 1.29 is 0 Å². The fraction of sp³-hybridized carbons (Fsp3) is 0.333. The summed E-state index contributed by atoms with van der Waals surface area (Å²) in [6, 6.07) is 15.9. The lowest BCUT2D eigenvalue weighted by atomic mass is 9.93. The van der Waals surface area contributed by atoms with E-state index in [-0.39, 0.29) is 0 Å². The van der Waals surface area contributed by atoms with Crippen molar-refractivity contribution in [2.24, 2.45) is 0 Å². The van der Waals surface area contributed by atoms with Gasteiger partial charge in [-0.25, -0.2) is 0 Å². The molecule has 0 saturated heterocycles. The first-order chi connectivity index (χ1) is 11.7. The quantitative estimate of drug-likeness (QED) is 0.641. The van der Waals surface area contributed by atoms with Gasteiger partial charge in [0.2, 0.25) is 0 Å². The highest BCUT2D eigenvalue weighted by molar-refractivity contribution is 7.09. The van der Waals surface area contributed by atoms with Gasteiger partial charge in [0.1, 0.15) is 0 Å². The summed E-state index contributed by atoms with van der Waals surface area (Å²) < 4.78 is 2.45. The molecule has 0 bridgehead atoms. The third kappa shape index (κ3) is 2.83. The van der Waals surface area contributed by atoms with E-state index in [0.29, 0.717) is 6.04 Å². The molecular formula is C21H24N2S. The van der Waals surface area contributed by atoms with Crippen molar-refractivity contribution in [1.82, 2.24) is 9.47 Å². The summed E-state index contributed by atoms with van der Waals surface area (Å²) in [5.74, 6) is 0. The maximum Gasteiger partial charge on any atom is 0.0764 e. The molecule has 1 aliphatic heterocycles. The Balaban J connectivity index is 1.83. The minimum atomic E-state index is 0.339. The van der Waals surface area contributed by atoms with Crippen LogP contribution >= 0.6 is 11.3 Å². The molecule has 3 aromatic rings. The van der Waals surface area contributed by atoms with Crippen LogP contribution in [0, 0.1) is 13.8 Å². The number of benzene rings is 1. The highest BCUT2D eigenvalue weighted by Crippen LogP contribution is 2.36. The van der Waals surface area contributed by atoms with Crippen LogP contribution < -0.4 is 0 Å². The molecule has 0 saturated carbocycles. The Morgan fingerprint density at radius 1 is 1.00 bits per heavy atom. The summed E-state index contributed by atoms with van der Waals surface area (Å²) in [5.41, 5.74) is 5.70. The van der Waals surface area contributed by atoms with E-state index in [4.69, 9.17) is 0 Å². The monoisotopic (exact) mass is 336 g/mol. The van der Waals surface area contributed by atoms with E-state index in [1.807, 2.05) is 11.3 Å². The molecule has 0 fully saturated rings. The molecule has 124 valence electrons. The number of aryl methyl sites for hydroxylation is 3. The van der Waals surface area contributed by atoms with Gasteiger partial charge in [-0.1, -0.05) is 24.3 Å². The largest absolute Gasteiger partial charge is 0.350 e. The van der Waals surface area contributed by atoms with Crippen molar-refractivity contribution in [3.8, 4) is 0 Å². The van der Waals surface area contributed by atoms with Gasteiger partial charge in [0.25, 0.3) is 0 Å². The number of nitrogens with zero attached hydrogens (tertiary/aromatic N) is 2. The third-order valence-electron chi connectivity index (χ3n) is 5.11. The Hall–Kier alpha value is -1.84. The van der Waals surface area contributed by atoms with Gasteiger partial charge in [0.05, 0.1) is 6.04 Å². The van der Waals surface area contributed by atoms with Crippen LogP contribution in [0.15, 0.2) is 54.0 Å². The lowest BCUT2D eigenvalue weighted by Gasteiger charge is -2.32. The number of fused-ring (bicyclic) bond motifs is 1. The Bertz CT molecular complexity index is 796. The number of thiophene rings is 1. The molecule has 3 heteroatoms. The number of aromatic nitrogens is 1. The Morgan fingerprint density at radius 3 is 2.58 bits per heavy atom. The molecule has 4 rings (SSSR count). The van der Waals surface area contributed by atoms with E-state index in [0.717, 1.165) is 19.6 Å². The molecule has 24 heavy (non-hydrogen) atoms. The summed E-state index contributed by atoms with van der Waals surface area (Å²) >= 11 is 1.86. The highest BCUT2D eigenvalue weighted by atomic mass is 32.1. The second-order valence-corrected chi connectivity index (χ2v) is 7.77. The molecule has 0 N–H and O–H groups in total. The van der Waals surface area contributed by atoms with E-state index in [1.165, 1.54) is 33.7 Å². The van der Waals surface area contributed by atoms with Crippen LogP contribution in [0.25, 0.3) is 0 Å². The van der Waals surface area contributed by atoms with Crippen LogP contribution in [0.2, 0.25) is 0 Å². The maximum absolute atomic E-state index is 2.67. The summed E-state index contributed by atoms with van der Waals surface area (Å²) in [6.07, 6.45) is 3.44. The van der Waals surface area contributed by atoms with Gasteiger partial charge in [-0.2, -0.15) is 0 Å². The summed E-state index contributed by atoms with van der Waals surface area (Å²) in [5, 5.41) is 2.18. The van der Waals surface area contributed by atoms with Crippen LogP contribution in [-0.2, 0) is 13.1 Å². The van der Waals surface area contributed by atoms with Crippen molar-refractivity contribution in [3.63, 3.8) is 0 Å². The van der Waals surface area contributed by atoms with E-state index in [9.17, 15) is 0 Å². The van der Waals surface area contributed by atoms with Crippen molar-refractivity contribution in [2.75, 3.05) is 6.54 Å². The molecule has 3 heterocycles. The van der Waals surface area contributed by atoms with Crippen LogP contribution in [-0.4, -0.2) is 16.0 Å². The fourth-order valence-corrected chi connectivity index (χ4v) is 4.73. The highest BCUT2D eigenvalue weighted by Gasteiger charge is 2.29. The molecule has 1 unspecified atom stereocenters. The number of rotatable bonds is 3. The minimum Gasteiger partial charge on any atom is -0.350 e. The van der Waals surface area contributed by atoms with Gasteiger partial charge in [-0.15, -0.1) is 11.3 Å². The van der Waals surface area contributed by atoms with Crippen molar-refractivity contribution in [3.05, 3.63) is 81.3 Å². The zero-order valence-corrected chi connectivity index (χ0v) is 15.2. The second kappa shape index (κ2) is 6.58. The lowest BCUT2D eigenvalue weighted by Crippen LogP contribution is -2.30. The van der Waals surface area contributed by atoms with E-state index in [1.54, 1.807) is 0 Å². The number of hydrogen-bond acceptors (Lipinski definition) is 2. The van der Waals surface area contributed by atoms with Crippen molar-refractivity contribution in [2.45, 2.75) is 39.4 Å². The SMILES string of the molecule is Cc1cccc(C)c1C1c2cccn2CCCN1Cc1cccs1. The average molecular weight is 337 g/mol. The van der Waals surface area contributed by atoms with Crippen LogP contribution in [0.1, 0.15) is 39.7 Å². The topological polar surface area (TPSA) is 8.17 Å². The van der Waals surface area contributed by atoms with Gasteiger partial charge < -0.3 is 4.57 Å². The Kier molecular flexibility index (Phi) is 4.30. The average Bonchev–Trinajstić information content (AvgIpc) is 3.20. The first-order valence-electron chi connectivity index (χ1n) is 8.71. The molecule has 0 spiro atoms. The summed E-state index contributed by atoms with van der Waals surface area (Å²) in [6.45, 7) is 7.79. The predicted molar refractivity (Wildman–Crippen MR) is 102 cm³/mol. The zero-order chi connectivity index (χ0) is 16.5. The van der Waals surface area contributed by atoms with Crippen molar-refractivity contribution >= 4 is 11.3 Å². The smallest absolute Gasteiger partial charge is 0.0764 e. The minimum absolute atomic E-state index is 0.339. The zero-order valence-electron chi connectivity index (χ0n) is 14.4. The molecule has 0 aliphatic carbocycles. The Morgan fingerprint density at radius 2 is 1.83 bits per heavy atom. The van der Waals surface area contributed by atoms with Crippen LogP contribution in [0.3, 0.4) is 0 Å². The second-order valence-electron chi connectivity index (χ2n) is 6.74. The van der Waals surface area contributed by atoms with E-state index in [2.05, 4.69) is 77.4 Å². The van der Waals surface area contributed by atoms with Crippen LogP contribution in [0.4, 0.5) is 0 Å². The van der Waals surface area contributed by atoms with E-state index >= 15 is 0 Å².